The molecule has 1 heterocycles. The summed E-state index contributed by atoms with van der Waals surface area (Å²) in [6, 6.07) is 5.29. The van der Waals surface area contributed by atoms with Crippen LogP contribution in [0.3, 0.4) is 0 Å². The number of benzene rings is 1. The molecule has 2 aromatic rings. The van der Waals surface area contributed by atoms with Crippen molar-refractivity contribution in [3.8, 4) is 5.75 Å². The van der Waals surface area contributed by atoms with Crippen LogP contribution in [0.5, 0.6) is 5.75 Å². The third-order valence-electron chi connectivity index (χ3n) is 2.25. The third-order valence-corrected chi connectivity index (χ3v) is 3.39. The van der Waals surface area contributed by atoms with Gasteiger partial charge in [0, 0.05) is 23.4 Å². The van der Waals surface area contributed by atoms with Gasteiger partial charge in [0.25, 0.3) is 0 Å². The summed E-state index contributed by atoms with van der Waals surface area (Å²) in [5, 5.41) is 0.664. The number of methoxy groups -OCH3 is 1. The molecule has 0 aliphatic carbocycles. The van der Waals surface area contributed by atoms with Crippen molar-refractivity contribution in [2.75, 3.05) is 13.4 Å². The van der Waals surface area contributed by atoms with Gasteiger partial charge in [-0.25, -0.2) is 8.42 Å². The van der Waals surface area contributed by atoms with E-state index in [1.165, 1.54) is 12.5 Å². The molecule has 0 aliphatic heterocycles. The van der Waals surface area contributed by atoms with E-state index in [0.29, 0.717) is 16.0 Å². The molecule has 0 saturated heterocycles. The molecule has 1 N–H and O–H groups in total. The fourth-order valence-corrected chi connectivity index (χ4v) is 2.35. The van der Waals surface area contributed by atoms with Gasteiger partial charge in [0.1, 0.15) is 5.75 Å². The largest absolute Gasteiger partial charge is 0.497 e. The lowest BCUT2D eigenvalue weighted by Crippen LogP contribution is -1.95. The number of nitrogens with one attached hydrogen (secondary N) is 1. The standard InChI is InChI=1S/C10H11NO3S/c1-14-7-3-4-9-8(5-7)10(6-11-9)15(2,12)13/h3-6,11H,1-2H3. The molecule has 15 heavy (non-hydrogen) atoms. The number of aromatic amines is 1. The van der Waals surface area contributed by atoms with E-state index >= 15 is 0 Å². The molecule has 0 amide bonds. The highest BCUT2D eigenvalue weighted by Gasteiger charge is 2.13. The number of H-pyrrole nitrogens is 1. The molecule has 0 unspecified atom stereocenters. The zero-order chi connectivity index (χ0) is 11.1. The summed E-state index contributed by atoms with van der Waals surface area (Å²) in [4.78, 5) is 3.21. The Morgan fingerprint density at radius 1 is 1.33 bits per heavy atom. The second kappa shape index (κ2) is 3.27. The first kappa shape index (κ1) is 10.0. The molecule has 1 aromatic heterocycles. The number of fused-ring (bicyclic) bond motifs is 1. The molecule has 0 bridgehead atoms. The highest BCUT2D eigenvalue weighted by atomic mass is 32.2. The Hall–Kier alpha value is -1.49. The molecule has 0 atom stereocenters. The average Bonchev–Trinajstić information content (AvgIpc) is 2.59. The van der Waals surface area contributed by atoms with Gasteiger partial charge in [-0.15, -0.1) is 0 Å². The van der Waals surface area contributed by atoms with E-state index in [1.807, 2.05) is 0 Å². The average molecular weight is 225 g/mol. The molecule has 0 spiro atoms. The summed E-state index contributed by atoms with van der Waals surface area (Å²) in [7, 11) is -1.65. The lowest BCUT2D eigenvalue weighted by molar-refractivity contribution is 0.415. The molecule has 4 nitrogen and oxygen atoms in total. The van der Waals surface area contributed by atoms with E-state index in [-0.39, 0.29) is 0 Å². The van der Waals surface area contributed by atoms with E-state index in [0.717, 1.165) is 5.52 Å². The van der Waals surface area contributed by atoms with Crippen LogP contribution in [-0.2, 0) is 9.84 Å². The van der Waals surface area contributed by atoms with Gasteiger partial charge in [-0.3, -0.25) is 0 Å². The van der Waals surface area contributed by atoms with Crippen molar-refractivity contribution in [3.63, 3.8) is 0 Å². The minimum absolute atomic E-state index is 0.302. The number of aromatic nitrogens is 1. The van der Waals surface area contributed by atoms with Crippen molar-refractivity contribution >= 4 is 20.7 Å². The molecule has 0 radical (unpaired) electrons. The summed E-state index contributed by atoms with van der Waals surface area (Å²) in [6.45, 7) is 0. The van der Waals surface area contributed by atoms with Gasteiger partial charge in [-0.05, 0) is 18.2 Å². The monoisotopic (exact) mass is 225 g/mol. The van der Waals surface area contributed by atoms with Crippen LogP contribution in [0.15, 0.2) is 29.3 Å². The zero-order valence-electron chi connectivity index (χ0n) is 8.44. The summed E-state index contributed by atoms with van der Waals surface area (Å²) < 4.78 is 27.9. The van der Waals surface area contributed by atoms with Crippen molar-refractivity contribution in [2.45, 2.75) is 4.90 Å². The first-order chi connectivity index (χ1) is 7.02. The molecule has 0 fully saturated rings. The highest BCUT2D eigenvalue weighted by molar-refractivity contribution is 7.91. The summed E-state index contributed by atoms with van der Waals surface area (Å²) >= 11 is 0. The van der Waals surface area contributed by atoms with Crippen molar-refractivity contribution in [1.29, 1.82) is 0 Å². The molecule has 1 aromatic carbocycles. The van der Waals surface area contributed by atoms with Gasteiger partial charge in [0.05, 0.1) is 12.0 Å². The number of hydrogen-bond donors (Lipinski definition) is 1. The minimum atomic E-state index is -3.20. The van der Waals surface area contributed by atoms with E-state index in [2.05, 4.69) is 4.98 Å². The Labute approximate surface area is 87.8 Å². The topological polar surface area (TPSA) is 59.2 Å². The molecule has 0 aliphatic rings. The second-order valence-electron chi connectivity index (χ2n) is 3.34. The van der Waals surface area contributed by atoms with Gasteiger partial charge in [0.2, 0.25) is 0 Å². The van der Waals surface area contributed by atoms with Crippen molar-refractivity contribution in [2.24, 2.45) is 0 Å². The highest BCUT2D eigenvalue weighted by Crippen LogP contribution is 2.26. The summed E-state index contributed by atoms with van der Waals surface area (Å²) in [6.07, 6.45) is 2.69. The fourth-order valence-electron chi connectivity index (χ4n) is 1.51. The maximum absolute atomic E-state index is 11.4. The first-order valence-electron chi connectivity index (χ1n) is 4.37. The lowest BCUT2D eigenvalue weighted by Gasteiger charge is -2.00. The second-order valence-corrected chi connectivity index (χ2v) is 5.32. The van der Waals surface area contributed by atoms with Crippen molar-refractivity contribution in [1.82, 2.24) is 4.98 Å². The fraction of sp³-hybridized carbons (Fsp3) is 0.200. The molecular formula is C10H11NO3S. The number of rotatable bonds is 2. The quantitative estimate of drug-likeness (QED) is 0.844. The van der Waals surface area contributed by atoms with Gasteiger partial charge in [0.15, 0.2) is 9.84 Å². The van der Waals surface area contributed by atoms with Gasteiger partial charge in [-0.1, -0.05) is 0 Å². The third kappa shape index (κ3) is 1.70. The van der Waals surface area contributed by atoms with Crippen LogP contribution in [0.2, 0.25) is 0 Å². The van der Waals surface area contributed by atoms with Crippen LogP contribution in [0, 0.1) is 0 Å². The lowest BCUT2D eigenvalue weighted by atomic mass is 10.2. The van der Waals surface area contributed by atoms with Crippen LogP contribution in [0.25, 0.3) is 10.9 Å². The predicted octanol–water partition coefficient (Wildman–Crippen LogP) is 1.58. The molecule has 2 rings (SSSR count). The number of ether oxygens (including phenoxy) is 1. The predicted molar refractivity (Wildman–Crippen MR) is 58.0 cm³/mol. The molecule has 0 saturated carbocycles. The Kier molecular flexibility index (Phi) is 2.19. The Morgan fingerprint density at radius 2 is 2.07 bits per heavy atom. The summed E-state index contributed by atoms with van der Waals surface area (Å²) in [5.41, 5.74) is 0.788. The Morgan fingerprint density at radius 3 is 2.67 bits per heavy atom. The Balaban J connectivity index is 2.78. The molecule has 80 valence electrons. The van der Waals surface area contributed by atoms with Crippen LogP contribution >= 0.6 is 0 Å². The summed E-state index contributed by atoms with van der Waals surface area (Å²) in [5.74, 6) is 0.645. The van der Waals surface area contributed by atoms with Gasteiger partial charge < -0.3 is 9.72 Å². The van der Waals surface area contributed by atoms with E-state index in [4.69, 9.17) is 4.74 Å². The minimum Gasteiger partial charge on any atom is -0.497 e. The van der Waals surface area contributed by atoms with Gasteiger partial charge in [-0.2, -0.15) is 0 Å². The molecular weight excluding hydrogens is 214 g/mol. The zero-order valence-corrected chi connectivity index (χ0v) is 9.26. The van der Waals surface area contributed by atoms with E-state index < -0.39 is 9.84 Å². The molecule has 5 heteroatoms. The van der Waals surface area contributed by atoms with Crippen molar-refractivity contribution in [3.05, 3.63) is 24.4 Å². The van der Waals surface area contributed by atoms with Crippen LogP contribution in [0.1, 0.15) is 0 Å². The van der Waals surface area contributed by atoms with Crippen LogP contribution < -0.4 is 4.74 Å². The maximum atomic E-state index is 11.4. The van der Waals surface area contributed by atoms with Crippen LogP contribution in [-0.4, -0.2) is 26.8 Å². The van der Waals surface area contributed by atoms with E-state index in [1.54, 1.807) is 25.3 Å². The number of sulfone groups is 1. The SMILES string of the molecule is COc1ccc2[nH]cc(S(C)(=O)=O)c2c1. The van der Waals surface area contributed by atoms with Crippen molar-refractivity contribution < 1.29 is 13.2 Å². The maximum Gasteiger partial charge on any atom is 0.177 e. The Bertz CT molecular complexity index is 598. The van der Waals surface area contributed by atoms with Crippen LogP contribution in [0.4, 0.5) is 0 Å². The number of hydrogen-bond acceptors (Lipinski definition) is 3. The smallest absolute Gasteiger partial charge is 0.177 e. The normalized spacial score (nSPS) is 11.9. The van der Waals surface area contributed by atoms with Gasteiger partial charge >= 0.3 is 0 Å². The first-order valence-corrected chi connectivity index (χ1v) is 6.26. The van der Waals surface area contributed by atoms with E-state index in [9.17, 15) is 8.42 Å².